The van der Waals surface area contributed by atoms with Gasteiger partial charge in [-0.15, -0.1) is 0 Å². The summed E-state index contributed by atoms with van der Waals surface area (Å²) in [5, 5.41) is 19.8. The van der Waals surface area contributed by atoms with Gasteiger partial charge in [-0.2, -0.15) is 5.26 Å². The van der Waals surface area contributed by atoms with Crippen molar-refractivity contribution in [1.82, 2.24) is 9.13 Å². The van der Waals surface area contributed by atoms with E-state index in [4.69, 9.17) is 4.74 Å². The van der Waals surface area contributed by atoms with E-state index in [1.807, 2.05) is 30.3 Å². The van der Waals surface area contributed by atoms with Crippen LogP contribution in [0.15, 0.2) is 33.9 Å². The van der Waals surface area contributed by atoms with Crippen LogP contribution in [0.2, 0.25) is 0 Å². The normalized spacial score (nSPS) is 14.7. The van der Waals surface area contributed by atoms with Crippen LogP contribution in [0.4, 0.5) is 0 Å². The molecule has 0 saturated carbocycles. The van der Waals surface area contributed by atoms with E-state index in [-0.39, 0.29) is 29.5 Å². The third-order valence-corrected chi connectivity index (χ3v) is 5.89. The van der Waals surface area contributed by atoms with Gasteiger partial charge in [0.1, 0.15) is 30.1 Å². The number of benzene rings is 1. The van der Waals surface area contributed by atoms with Gasteiger partial charge in [-0.25, -0.2) is 4.79 Å². The van der Waals surface area contributed by atoms with Crippen molar-refractivity contribution in [3.05, 3.63) is 61.9 Å². The van der Waals surface area contributed by atoms with Gasteiger partial charge in [-0.3, -0.25) is 13.9 Å². The van der Waals surface area contributed by atoms with Gasteiger partial charge in [-0.1, -0.05) is 46.8 Å². The zero-order chi connectivity index (χ0) is 23.7. The maximum absolute atomic E-state index is 12.7. The summed E-state index contributed by atoms with van der Waals surface area (Å²) in [4.78, 5) is 25.3. The van der Waals surface area contributed by atoms with Crippen molar-refractivity contribution in [1.29, 1.82) is 5.26 Å². The lowest BCUT2D eigenvalue weighted by Crippen LogP contribution is -2.44. The summed E-state index contributed by atoms with van der Waals surface area (Å²) in [6, 6.07) is 9.73. The third kappa shape index (κ3) is 5.13. The molecular formula is C25H33N3O4. The van der Waals surface area contributed by atoms with E-state index >= 15 is 0 Å². The first-order valence-corrected chi connectivity index (χ1v) is 11.1. The Kier molecular flexibility index (Phi) is 6.66. The molecule has 1 unspecified atom stereocenters. The van der Waals surface area contributed by atoms with Gasteiger partial charge >= 0.3 is 5.69 Å². The van der Waals surface area contributed by atoms with Gasteiger partial charge in [0.15, 0.2) is 0 Å². The molecule has 1 N–H and O–H groups in total. The highest BCUT2D eigenvalue weighted by Crippen LogP contribution is 2.36. The molecule has 0 bridgehead atoms. The summed E-state index contributed by atoms with van der Waals surface area (Å²) in [5.74, 6) is 0.607. The third-order valence-electron chi connectivity index (χ3n) is 5.89. The number of nitriles is 1. The lowest BCUT2D eigenvalue weighted by atomic mass is 9.72. The van der Waals surface area contributed by atoms with E-state index in [1.165, 1.54) is 10.1 Å². The lowest BCUT2D eigenvalue weighted by Gasteiger charge is -2.33. The van der Waals surface area contributed by atoms with Gasteiger partial charge in [0.2, 0.25) is 0 Å². The summed E-state index contributed by atoms with van der Waals surface area (Å²) in [5.41, 5.74) is 0.805. The highest BCUT2D eigenvalue weighted by Gasteiger charge is 2.27. The molecule has 0 amide bonds. The molecule has 0 radical (unpaired) electrons. The molecule has 2 heterocycles. The van der Waals surface area contributed by atoms with Crippen LogP contribution in [0.25, 0.3) is 0 Å². The number of nitrogens with zero attached hydrogens (tertiary/aromatic N) is 3. The second-order valence-corrected chi connectivity index (χ2v) is 10.5. The topological polar surface area (TPSA) is 97.2 Å². The number of rotatable bonds is 7. The van der Waals surface area contributed by atoms with E-state index in [9.17, 15) is 20.0 Å². The Bertz CT molecular complexity index is 1130. The number of aromatic nitrogens is 2. The first kappa shape index (κ1) is 23.8. The van der Waals surface area contributed by atoms with E-state index in [0.29, 0.717) is 24.4 Å². The Morgan fingerprint density at radius 1 is 1.16 bits per heavy atom. The molecule has 1 aliphatic heterocycles. The van der Waals surface area contributed by atoms with Crippen molar-refractivity contribution in [2.75, 3.05) is 6.61 Å². The predicted molar refractivity (Wildman–Crippen MR) is 123 cm³/mol. The van der Waals surface area contributed by atoms with Crippen molar-refractivity contribution in [2.45, 2.75) is 78.5 Å². The van der Waals surface area contributed by atoms with Crippen LogP contribution >= 0.6 is 0 Å². The zero-order valence-electron chi connectivity index (χ0n) is 19.6. The van der Waals surface area contributed by atoms with Gasteiger partial charge in [0, 0.05) is 12.2 Å². The number of ether oxygens (including phenoxy) is 1. The number of fused-ring (bicyclic) bond motifs is 1. The number of aliphatic hydroxyl groups excluding tert-OH is 1. The maximum Gasteiger partial charge on any atom is 0.331 e. The predicted octanol–water partition coefficient (Wildman–Crippen LogP) is 2.98. The standard InChI is InChI=1S/C25H33N3O4/c1-24(2,3)16-25(4,5)17-8-10-19(11-9-17)32-15-18(29)14-28-22(30)20(13-26)21-7-6-12-27(21)23(28)31/h8-11,18,29H,6-7,12,14-16H2,1-5H3. The second-order valence-electron chi connectivity index (χ2n) is 10.5. The Labute approximate surface area is 188 Å². The van der Waals surface area contributed by atoms with Crippen LogP contribution in [0.1, 0.15) is 64.3 Å². The van der Waals surface area contributed by atoms with Gasteiger partial charge in [-0.05, 0) is 47.8 Å². The van der Waals surface area contributed by atoms with E-state index in [0.717, 1.165) is 17.4 Å². The largest absolute Gasteiger partial charge is 0.491 e. The minimum atomic E-state index is -1.07. The highest BCUT2D eigenvalue weighted by atomic mass is 16.5. The van der Waals surface area contributed by atoms with Crippen LogP contribution in [-0.2, 0) is 24.9 Å². The molecular weight excluding hydrogens is 406 g/mol. The summed E-state index contributed by atoms with van der Waals surface area (Å²) in [7, 11) is 0. The van der Waals surface area contributed by atoms with Crippen LogP contribution in [0.5, 0.6) is 5.75 Å². The van der Waals surface area contributed by atoms with Gasteiger partial charge in [0.25, 0.3) is 5.56 Å². The molecule has 1 atom stereocenters. The molecule has 32 heavy (non-hydrogen) atoms. The molecule has 172 valence electrons. The van der Waals surface area contributed by atoms with Crippen molar-refractivity contribution in [3.63, 3.8) is 0 Å². The molecule has 0 aliphatic carbocycles. The van der Waals surface area contributed by atoms with Gasteiger partial charge in [0.05, 0.1) is 6.54 Å². The van der Waals surface area contributed by atoms with E-state index in [1.54, 1.807) is 0 Å². The highest BCUT2D eigenvalue weighted by molar-refractivity contribution is 5.33. The molecule has 1 aliphatic rings. The van der Waals surface area contributed by atoms with Crippen LogP contribution < -0.4 is 16.0 Å². The minimum Gasteiger partial charge on any atom is -0.491 e. The Morgan fingerprint density at radius 2 is 1.81 bits per heavy atom. The molecule has 3 rings (SSSR count). The van der Waals surface area contributed by atoms with Crippen LogP contribution in [-0.4, -0.2) is 27.0 Å². The monoisotopic (exact) mass is 439 g/mol. The zero-order valence-corrected chi connectivity index (χ0v) is 19.6. The molecule has 0 spiro atoms. The number of hydrogen-bond acceptors (Lipinski definition) is 5. The average Bonchev–Trinajstić information content (AvgIpc) is 3.18. The van der Waals surface area contributed by atoms with Crippen LogP contribution in [0, 0.1) is 16.7 Å². The first-order valence-electron chi connectivity index (χ1n) is 11.1. The molecule has 1 aromatic heterocycles. The van der Waals surface area contributed by atoms with Crippen molar-refractivity contribution in [3.8, 4) is 11.8 Å². The number of aliphatic hydroxyl groups is 1. The maximum atomic E-state index is 12.7. The van der Waals surface area contributed by atoms with Crippen molar-refractivity contribution < 1.29 is 9.84 Å². The van der Waals surface area contributed by atoms with Crippen LogP contribution in [0.3, 0.4) is 0 Å². The SMILES string of the molecule is CC(C)(C)CC(C)(C)c1ccc(OCC(O)Cn2c(=O)c(C#N)c3n(c2=O)CCC3)cc1. The molecule has 0 fully saturated rings. The van der Waals surface area contributed by atoms with E-state index < -0.39 is 17.4 Å². The molecule has 7 heteroatoms. The number of hydrogen-bond donors (Lipinski definition) is 1. The second kappa shape index (κ2) is 8.95. The first-order chi connectivity index (χ1) is 14.9. The average molecular weight is 440 g/mol. The van der Waals surface area contributed by atoms with Gasteiger partial charge < -0.3 is 9.84 Å². The molecule has 2 aromatic rings. The fourth-order valence-corrected chi connectivity index (χ4v) is 4.80. The quantitative estimate of drug-likeness (QED) is 0.715. The Balaban J connectivity index is 1.68. The summed E-state index contributed by atoms with van der Waals surface area (Å²) < 4.78 is 8.11. The summed E-state index contributed by atoms with van der Waals surface area (Å²) in [6.45, 7) is 11.3. The van der Waals surface area contributed by atoms with Crippen molar-refractivity contribution in [2.24, 2.45) is 5.41 Å². The van der Waals surface area contributed by atoms with Crippen molar-refractivity contribution >= 4 is 0 Å². The fraction of sp³-hybridized carbons (Fsp3) is 0.560. The Morgan fingerprint density at radius 3 is 2.41 bits per heavy atom. The summed E-state index contributed by atoms with van der Waals surface area (Å²) >= 11 is 0. The summed E-state index contributed by atoms with van der Waals surface area (Å²) in [6.07, 6.45) is 1.24. The molecule has 7 nitrogen and oxygen atoms in total. The minimum absolute atomic E-state index is 0.0105. The molecule has 1 aromatic carbocycles. The molecule has 0 saturated heterocycles. The fourth-order valence-electron chi connectivity index (χ4n) is 4.80. The Hall–Kier alpha value is -2.85. The van der Waals surface area contributed by atoms with E-state index in [2.05, 4.69) is 34.6 Å². The lowest BCUT2D eigenvalue weighted by molar-refractivity contribution is 0.0899. The smallest absolute Gasteiger partial charge is 0.331 e.